The summed E-state index contributed by atoms with van der Waals surface area (Å²) in [6, 6.07) is 11.8. The molecule has 3 aromatic rings. The maximum atomic E-state index is 13.2. The SMILES string of the molecule is CCC1(C(=O)O)C(C)NC(C)C(CCOc2ccc(Cn3ccnc3)cc2)(C(=O)O)C1c1cccc([N+](=O)[O-])c1. The molecule has 2 aromatic carbocycles. The van der Waals surface area contributed by atoms with E-state index in [9.17, 15) is 29.9 Å². The zero-order chi connectivity index (χ0) is 29.1. The van der Waals surface area contributed by atoms with E-state index in [4.69, 9.17) is 4.74 Å². The smallest absolute Gasteiger partial charge is 0.312 e. The Bertz CT molecular complexity index is 1360. The second-order valence-corrected chi connectivity index (χ2v) is 10.4. The molecule has 11 heteroatoms. The number of rotatable bonds is 11. The van der Waals surface area contributed by atoms with Gasteiger partial charge in [-0.2, -0.15) is 0 Å². The highest BCUT2D eigenvalue weighted by Crippen LogP contribution is 2.58. The Morgan fingerprint density at radius 1 is 1.10 bits per heavy atom. The Morgan fingerprint density at radius 2 is 1.77 bits per heavy atom. The van der Waals surface area contributed by atoms with Crippen LogP contribution in [-0.2, 0) is 16.1 Å². The quantitative estimate of drug-likeness (QED) is 0.234. The van der Waals surface area contributed by atoms with Crippen LogP contribution in [-0.4, -0.2) is 55.3 Å². The van der Waals surface area contributed by atoms with Crippen molar-refractivity contribution in [3.63, 3.8) is 0 Å². The third-order valence-corrected chi connectivity index (χ3v) is 8.50. The first-order chi connectivity index (χ1) is 19.1. The van der Waals surface area contributed by atoms with Crippen molar-refractivity contribution < 1.29 is 29.5 Å². The molecule has 1 saturated heterocycles. The third kappa shape index (κ3) is 5.04. The molecule has 0 bridgehead atoms. The molecule has 3 N–H and O–H groups in total. The highest BCUT2D eigenvalue weighted by molar-refractivity contribution is 5.84. The van der Waals surface area contributed by atoms with Gasteiger partial charge in [-0.15, -0.1) is 0 Å². The van der Waals surface area contributed by atoms with Gasteiger partial charge in [0.05, 0.1) is 28.7 Å². The van der Waals surface area contributed by atoms with Crippen molar-refractivity contribution >= 4 is 17.6 Å². The van der Waals surface area contributed by atoms with Crippen molar-refractivity contribution in [2.24, 2.45) is 10.8 Å². The Morgan fingerprint density at radius 3 is 2.35 bits per heavy atom. The lowest BCUT2D eigenvalue weighted by molar-refractivity contribution is -0.385. The second-order valence-electron chi connectivity index (χ2n) is 10.4. The second kappa shape index (κ2) is 11.5. The Kier molecular flexibility index (Phi) is 8.24. The lowest BCUT2D eigenvalue weighted by Gasteiger charge is -2.57. The van der Waals surface area contributed by atoms with Gasteiger partial charge in [-0.1, -0.05) is 31.2 Å². The number of nitro benzene ring substituents is 1. The average Bonchev–Trinajstić information content (AvgIpc) is 3.43. The van der Waals surface area contributed by atoms with E-state index in [-0.39, 0.29) is 25.1 Å². The highest BCUT2D eigenvalue weighted by Gasteiger charge is 2.66. The standard InChI is InChI=1S/C29H34N4O7/c1-4-28(26(34)35)19(2)31-20(3)29(27(36)37,25(28)22-6-5-7-23(16-22)33(38)39)12-15-40-24-10-8-21(9-11-24)17-32-14-13-30-18-32/h5-11,13-14,16,18-20,25,31H,4,12,15,17H2,1-3H3,(H,34,35)(H,36,37). The van der Waals surface area contributed by atoms with E-state index in [0.29, 0.717) is 17.9 Å². The van der Waals surface area contributed by atoms with Gasteiger partial charge >= 0.3 is 11.9 Å². The van der Waals surface area contributed by atoms with Crippen LogP contribution in [0.25, 0.3) is 0 Å². The minimum absolute atomic E-state index is 0.00158. The number of carboxylic acid groups (broad SMARTS) is 2. The van der Waals surface area contributed by atoms with Crippen LogP contribution < -0.4 is 10.1 Å². The number of aromatic nitrogens is 2. The lowest BCUT2D eigenvalue weighted by Crippen LogP contribution is -2.69. The number of imidazole rings is 1. The zero-order valence-electron chi connectivity index (χ0n) is 22.7. The number of nitrogens with zero attached hydrogens (tertiary/aromatic N) is 3. The molecule has 40 heavy (non-hydrogen) atoms. The van der Waals surface area contributed by atoms with Crippen molar-refractivity contribution in [1.29, 1.82) is 0 Å². The minimum atomic E-state index is -1.64. The van der Waals surface area contributed by atoms with E-state index < -0.39 is 45.7 Å². The van der Waals surface area contributed by atoms with Crippen LogP contribution in [0.4, 0.5) is 5.69 Å². The van der Waals surface area contributed by atoms with Crippen molar-refractivity contribution in [3.05, 3.63) is 88.5 Å². The van der Waals surface area contributed by atoms with Gasteiger partial charge < -0.3 is 24.8 Å². The number of hydrogen-bond donors (Lipinski definition) is 3. The van der Waals surface area contributed by atoms with E-state index in [1.165, 1.54) is 18.2 Å². The number of piperidine rings is 1. The molecule has 0 aliphatic carbocycles. The van der Waals surface area contributed by atoms with Crippen molar-refractivity contribution in [3.8, 4) is 5.75 Å². The maximum absolute atomic E-state index is 13.2. The molecule has 4 rings (SSSR count). The van der Waals surface area contributed by atoms with E-state index in [1.54, 1.807) is 51.5 Å². The maximum Gasteiger partial charge on any atom is 0.312 e. The van der Waals surface area contributed by atoms with Crippen molar-refractivity contribution in [2.45, 2.75) is 58.2 Å². The van der Waals surface area contributed by atoms with Crippen molar-refractivity contribution in [2.75, 3.05) is 6.61 Å². The fourth-order valence-corrected chi connectivity index (χ4v) is 6.41. The van der Waals surface area contributed by atoms with Crippen LogP contribution in [0.15, 0.2) is 67.3 Å². The van der Waals surface area contributed by atoms with E-state index in [0.717, 1.165) is 5.56 Å². The molecule has 5 unspecified atom stereocenters. The van der Waals surface area contributed by atoms with E-state index in [1.807, 2.05) is 22.9 Å². The fourth-order valence-electron chi connectivity index (χ4n) is 6.41. The fraction of sp³-hybridized carbons (Fsp3) is 0.414. The number of ether oxygens (including phenoxy) is 1. The molecule has 0 amide bonds. The predicted octanol–water partition coefficient (Wildman–Crippen LogP) is 4.32. The van der Waals surface area contributed by atoms with Gasteiger partial charge in [-0.25, -0.2) is 4.98 Å². The summed E-state index contributed by atoms with van der Waals surface area (Å²) < 4.78 is 7.92. The molecule has 1 aliphatic heterocycles. The van der Waals surface area contributed by atoms with Gasteiger partial charge in [0, 0.05) is 49.1 Å². The molecule has 0 saturated carbocycles. The van der Waals surface area contributed by atoms with Crippen LogP contribution in [0, 0.1) is 20.9 Å². The van der Waals surface area contributed by atoms with E-state index >= 15 is 0 Å². The number of non-ortho nitro benzene ring substituents is 1. The number of aliphatic carboxylic acids is 2. The molecule has 0 radical (unpaired) electrons. The Hall–Kier alpha value is -4.25. The number of hydrogen-bond acceptors (Lipinski definition) is 7. The lowest BCUT2D eigenvalue weighted by atomic mass is 9.50. The van der Waals surface area contributed by atoms with Crippen LogP contribution >= 0.6 is 0 Å². The number of nitrogens with one attached hydrogen (secondary N) is 1. The Labute approximate surface area is 232 Å². The first-order valence-electron chi connectivity index (χ1n) is 13.2. The Balaban J connectivity index is 1.70. The molecule has 5 atom stereocenters. The predicted molar refractivity (Wildman–Crippen MR) is 146 cm³/mol. The summed E-state index contributed by atoms with van der Waals surface area (Å²) in [6.07, 6.45) is 5.38. The first kappa shape index (κ1) is 28.8. The van der Waals surface area contributed by atoms with Crippen LogP contribution in [0.3, 0.4) is 0 Å². The molecule has 1 fully saturated rings. The molecule has 212 valence electrons. The summed E-state index contributed by atoms with van der Waals surface area (Å²) in [4.78, 5) is 41.3. The highest BCUT2D eigenvalue weighted by atomic mass is 16.6. The van der Waals surface area contributed by atoms with Gasteiger partial charge in [0.1, 0.15) is 5.75 Å². The molecule has 1 aliphatic rings. The van der Waals surface area contributed by atoms with Crippen LogP contribution in [0.1, 0.15) is 50.7 Å². The zero-order valence-corrected chi connectivity index (χ0v) is 22.7. The summed E-state index contributed by atoms with van der Waals surface area (Å²) >= 11 is 0. The summed E-state index contributed by atoms with van der Waals surface area (Å²) in [6.45, 7) is 5.80. The van der Waals surface area contributed by atoms with Crippen LogP contribution in [0.5, 0.6) is 5.75 Å². The van der Waals surface area contributed by atoms with Gasteiger partial charge in [-0.3, -0.25) is 19.7 Å². The number of carbonyl (C=O) groups is 2. The van der Waals surface area contributed by atoms with Gasteiger partial charge in [-0.05, 0) is 49.9 Å². The monoisotopic (exact) mass is 550 g/mol. The minimum Gasteiger partial charge on any atom is -0.494 e. The van der Waals surface area contributed by atoms with E-state index in [2.05, 4.69) is 10.3 Å². The molecule has 2 heterocycles. The normalized spacial score (nSPS) is 26.2. The molecule has 11 nitrogen and oxygen atoms in total. The molecular weight excluding hydrogens is 516 g/mol. The first-order valence-corrected chi connectivity index (χ1v) is 13.2. The van der Waals surface area contributed by atoms with Crippen molar-refractivity contribution in [1.82, 2.24) is 14.9 Å². The summed E-state index contributed by atoms with van der Waals surface area (Å²) in [7, 11) is 0. The van der Waals surface area contributed by atoms with Gasteiger partial charge in [0.25, 0.3) is 5.69 Å². The molecule has 1 aromatic heterocycles. The van der Waals surface area contributed by atoms with Gasteiger partial charge in [0.2, 0.25) is 0 Å². The number of nitro groups is 1. The summed E-state index contributed by atoms with van der Waals surface area (Å²) in [5.41, 5.74) is -2.07. The number of benzene rings is 2. The molecule has 0 spiro atoms. The topological polar surface area (TPSA) is 157 Å². The summed E-state index contributed by atoms with van der Waals surface area (Å²) in [5, 5.41) is 36.2. The van der Waals surface area contributed by atoms with Gasteiger partial charge in [0.15, 0.2) is 0 Å². The average molecular weight is 551 g/mol. The third-order valence-electron chi connectivity index (χ3n) is 8.50. The number of carboxylic acids is 2. The van der Waals surface area contributed by atoms with Crippen LogP contribution in [0.2, 0.25) is 0 Å². The summed E-state index contributed by atoms with van der Waals surface area (Å²) in [5.74, 6) is -2.87. The largest absolute Gasteiger partial charge is 0.494 e. The molecular formula is C29H34N4O7.